The molecule has 0 amide bonds. The molecule has 0 bridgehead atoms. The van der Waals surface area contributed by atoms with Gasteiger partial charge in [-0.1, -0.05) is 13.8 Å². The number of anilines is 1. The fourth-order valence-electron chi connectivity index (χ4n) is 1.37. The summed E-state index contributed by atoms with van der Waals surface area (Å²) in [5.74, 6) is 0.799. The number of aromatic nitrogens is 2. The first-order chi connectivity index (χ1) is 7.67. The van der Waals surface area contributed by atoms with E-state index in [0.717, 1.165) is 0 Å². The zero-order valence-electron chi connectivity index (χ0n) is 9.51. The van der Waals surface area contributed by atoms with Gasteiger partial charge >= 0.3 is 0 Å². The van der Waals surface area contributed by atoms with Crippen LogP contribution < -0.4 is 5.32 Å². The van der Waals surface area contributed by atoms with Crippen LogP contribution in [-0.4, -0.2) is 27.7 Å². The van der Waals surface area contributed by atoms with Crippen molar-refractivity contribution in [2.45, 2.75) is 26.3 Å². The summed E-state index contributed by atoms with van der Waals surface area (Å²) in [4.78, 5) is 8.07. The van der Waals surface area contributed by atoms with Gasteiger partial charge in [0.05, 0.1) is 0 Å². The number of hydrogen-bond acceptors (Lipinski definition) is 5. The van der Waals surface area contributed by atoms with Gasteiger partial charge in [0.15, 0.2) is 0 Å². The lowest BCUT2D eigenvalue weighted by molar-refractivity contribution is 0.267. The van der Waals surface area contributed by atoms with Crippen molar-refractivity contribution in [1.29, 1.82) is 5.26 Å². The number of nitrogens with zero attached hydrogens (tertiary/aromatic N) is 3. The molecule has 0 aliphatic heterocycles. The van der Waals surface area contributed by atoms with E-state index in [2.05, 4.69) is 29.1 Å². The van der Waals surface area contributed by atoms with Crippen LogP contribution in [0, 0.1) is 17.2 Å². The molecular weight excluding hydrogens is 204 g/mol. The molecule has 0 radical (unpaired) electrons. The summed E-state index contributed by atoms with van der Waals surface area (Å²) in [6.45, 7) is 4.23. The second kappa shape index (κ2) is 6.03. The van der Waals surface area contributed by atoms with Gasteiger partial charge in [-0.3, -0.25) is 0 Å². The Morgan fingerprint density at radius 3 is 2.88 bits per heavy atom. The number of aliphatic hydroxyl groups is 1. The topological polar surface area (TPSA) is 81.8 Å². The second-order valence-electron chi connectivity index (χ2n) is 3.88. The van der Waals surface area contributed by atoms with Crippen LogP contribution in [0.3, 0.4) is 0 Å². The summed E-state index contributed by atoms with van der Waals surface area (Å²) in [5, 5.41) is 20.8. The Balaban J connectivity index is 2.73. The molecule has 5 nitrogen and oxygen atoms in total. The van der Waals surface area contributed by atoms with Gasteiger partial charge in [-0.2, -0.15) is 5.26 Å². The Kier molecular flexibility index (Phi) is 4.67. The third-order valence-corrected chi connectivity index (χ3v) is 2.33. The van der Waals surface area contributed by atoms with Crippen molar-refractivity contribution in [2.75, 3.05) is 11.9 Å². The highest BCUT2D eigenvalue weighted by Gasteiger charge is 2.13. The fourth-order valence-corrected chi connectivity index (χ4v) is 1.37. The molecule has 0 fully saturated rings. The van der Waals surface area contributed by atoms with Crippen molar-refractivity contribution in [3.8, 4) is 6.07 Å². The quantitative estimate of drug-likeness (QED) is 0.778. The molecule has 1 aromatic rings. The Morgan fingerprint density at radius 1 is 1.56 bits per heavy atom. The third kappa shape index (κ3) is 3.48. The largest absolute Gasteiger partial charge is 0.396 e. The molecule has 1 aromatic heterocycles. The van der Waals surface area contributed by atoms with E-state index in [4.69, 9.17) is 10.4 Å². The number of rotatable bonds is 5. The highest BCUT2D eigenvalue weighted by Crippen LogP contribution is 2.11. The minimum absolute atomic E-state index is 0.110. The van der Waals surface area contributed by atoms with Gasteiger partial charge in [0.2, 0.25) is 5.95 Å². The molecule has 1 atom stereocenters. The molecule has 0 spiro atoms. The summed E-state index contributed by atoms with van der Waals surface area (Å²) in [6, 6.07) is 3.63. The van der Waals surface area contributed by atoms with Crippen molar-refractivity contribution >= 4 is 5.95 Å². The maximum Gasteiger partial charge on any atom is 0.224 e. The summed E-state index contributed by atoms with van der Waals surface area (Å²) >= 11 is 0. The van der Waals surface area contributed by atoms with Gasteiger partial charge in [-0.25, -0.2) is 9.97 Å². The van der Waals surface area contributed by atoms with Crippen LogP contribution in [0.1, 0.15) is 26.0 Å². The van der Waals surface area contributed by atoms with Crippen LogP contribution >= 0.6 is 0 Å². The predicted octanol–water partition coefficient (Wildman–Crippen LogP) is 1.17. The molecule has 2 N–H and O–H groups in total. The van der Waals surface area contributed by atoms with Crippen LogP contribution in [0.4, 0.5) is 5.95 Å². The average molecular weight is 220 g/mol. The first-order valence-corrected chi connectivity index (χ1v) is 5.28. The molecule has 0 aromatic carbocycles. The van der Waals surface area contributed by atoms with E-state index < -0.39 is 0 Å². The maximum absolute atomic E-state index is 8.93. The van der Waals surface area contributed by atoms with Crippen molar-refractivity contribution < 1.29 is 5.11 Å². The van der Waals surface area contributed by atoms with Gasteiger partial charge in [0.25, 0.3) is 0 Å². The second-order valence-corrected chi connectivity index (χ2v) is 3.88. The molecule has 86 valence electrons. The molecular formula is C11H16N4O. The van der Waals surface area contributed by atoms with Crippen molar-refractivity contribution in [3.63, 3.8) is 0 Å². The van der Waals surface area contributed by atoms with E-state index in [9.17, 15) is 0 Å². The lowest BCUT2D eigenvalue weighted by Gasteiger charge is -2.21. The first kappa shape index (κ1) is 12.4. The minimum Gasteiger partial charge on any atom is -0.396 e. The lowest BCUT2D eigenvalue weighted by Crippen LogP contribution is -2.27. The van der Waals surface area contributed by atoms with E-state index in [-0.39, 0.29) is 12.6 Å². The third-order valence-electron chi connectivity index (χ3n) is 2.33. The van der Waals surface area contributed by atoms with Gasteiger partial charge in [-0.05, 0) is 18.4 Å². The van der Waals surface area contributed by atoms with Gasteiger partial charge in [0, 0.05) is 18.8 Å². The smallest absolute Gasteiger partial charge is 0.224 e. The Labute approximate surface area is 95.2 Å². The number of hydrogen-bond donors (Lipinski definition) is 2. The highest BCUT2D eigenvalue weighted by molar-refractivity contribution is 5.31. The predicted molar refractivity (Wildman–Crippen MR) is 60.7 cm³/mol. The fraction of sp³-hybridized carbons (Fsp3) is 0.545. The Hall–Kier alpha value is -1.67. The molecule has 0 aliphatic rings. The van der Waals surface area contributed by atoms with Crippen molar-refractivity contribution in [1.82, 2.24) is 9.97 Å². The van der Waals surface area contributed by atoms with Gasteiger partial charge in [0.1, 0.15) is 11.8 Å². The zero-order valence-corrected chi connectivity index (χ0v) is 9.51. The van der Waals surface area contributed by atoms with Crippen LogP contribution in [0.2, 0.25) is 0 Å². The van der Waals surface area contributed by atoms with Gasteiger partial charge in [-0.15, -0.1) is 0 Å². The summed E-state index contributed by atoms with van der Waals surface area (Å²) in [7, 11) is 0. The maximum atomic E-state index is 8.93. The van der Waals surface area contributed by atoms with E-state index >= 15 is 0 Å². The van der Waals surface area contributed by atoms with E-state index in [0.29, 0.717) is 24.0 Å². The van der Waals surface area contributed by atoms with Crippen molar-refractivity contribution in [2.24, 2.45) is 5.92 Å². The van der Waals surface area contributed by atoms with E-state index in [1.54, 1.807) is 12.3 Å². The normalized spacial score (nSPS) is 12.2. The number of nitrogens with one attached hydrogen (secondary N) is 1. The van der Waals surface area contributed by atoms with Crippen LogP contribution in [0.25, 0.3) is 0 Å². The molecule has 5 heteroatoms. The molecule has 1 rings (SSSR count). The zero-order chi connectivity index (χ0) is 12.0. The Bertz CT molecular complexity index is 372. The number of nitriles is 1. The van der Waals surface area contributed by atoms with Crippen molar-refractivity contribution in [3.05, 3.63) is 18.0 Å². The average Bonchev–Trinajstić information content (AvgIpc) is 2.28. The molecule has 0 aliphatic carbocycles. The standard InChI is InChI=1S/C11H16N4O/c1-8(2)10(4-6-16)15-11-13-5-3-9(7-12)14-11/h3,5,8,10,16H,4,6H2,1-2H3,(H,13,14,15). The molecule has 1 unspecified atom stereocenters. The van der Waals surface area contributed by atoms with Gasteiger partial charge < -0.3 is 10.4 Å². The van der Waals surface area contributed by atoms with Crippen LogP contribution in [0.15, 0.2) is 12.3 Å². The lowest BCUT2D eigenvalue weighted by atomic mass is 10.0. The molecule has 1 heterocycles. The summed E-state index contributed by atoms with van der Waals surface area (Å²) in [6.07, 6.45) is 2.18. The number of aliphatic hydroxyl groups excluding tert-OH is 1. The SMILES string of the molecule is CC(C)C(CCO)Nc1nccc(C#N)n1. The van der Waals surface area contributed by atoms with E-state index in [1.807, 2.05) is 6.07 Å². The van der Waals surface area contributed by atoms with Crippen LogP contribution in [0.5, 0.6) is 0 Å². The summed E-state index contributed by atoms with van der Waals surface area (Å²) in [5.41, 5.74) is 0.337. The molecule has 0 saturated heterocycles. The monoisotopic (exact) mass is 220 g/mol. The minimum atomic E-state index is 0.110. The first-order valence-electron chi connectivity index (χ1n) is 5.28. The Morgan fingerprint density at radius 2 is 2.31 bits per heavy atom. The van der Waals surface area contributed by atoms with Crippen LogP contribution in [-0.2, 0) is 0 Å². The highest BCUT2D eigenvalue weighted by atomic mass is 16.3. The molecule has 0 saturated carbocycles. The summed E-state index contributed by atoms with van der Waals surface area (Å²) < 4.78 is 0. The van der Waals surface area contributed by atoms with E-state index in [1.165, 1.54) is 0 Å². The molecule has 16 heavy (non-hydrogen) atoms.